The van der Waals surface area contributed by atoms with E-state index < -0.39 is 0 Å². The molecule has 60 valence electrons. The van der Waals surface area contributed by atoms with Crippen molar-refractivity contribution in [2.45, 2.75) is 0 Å². The van der Waals surface area contributed by atoms with Crippen molar-refractivity contribution in [1.29, 1.82) is 5.26 Å². The lowest BCUT2D eigenvalue weighted by Crippen LogP contribution is -1.95. The topological polar surface area (TPSA) is 49.8 Å². The summed E-state index contributed by atoms with van der Waals surface area (Å²) >= 11 is 5.82. The molecule has 1 aromatic carbocycles. The Labute approximate surface area is 75.9 Å². The van der Waals surface area contributed by atoms with Crippen LogP contribution >= 0.6 is 11.6 Å². The normalized spacial score (nSPS) is 10.8. The summed E-state index contributed by atoms with van der Waals surface area (Å²) in [6, 6.07) is 8.98. The third kappa shape index (κ3) is 1.77. The predicted octanol–water partition coefficient (Wildman–Crippen LogP) is 2.16. The van der Waals surface area contributed by atoms with Crippen LogP contribution in [-0.4, -0.2) is 0 Å². The Morgan fingerprint density at radius 2 is 2.17 bits per heavy atom. The summed E-state index contributed by atoms with van der Waals surface area (Å²) in [4.78, 5) is 0. The molecular weight excluding hydrogens is 172 g/mol. The Hall–Kier alpha value is -1.46. The van der Waals surface area contributed by atoms with Crippen molar-refractivity contribution in [2.75, 3.05) is 0 Å². The van der Waals surface area contributed by atoms with Crippen LogP contribution in [0.5, 0.6) is 0 Å². The van der Waals surface area contributed by atoms with Gasteiger partial charge in [-0.05, 0) is 6.07 Å². The van der Waals surface area contributed by atoms with Crippen LogP contribution in [0.25, 0.3) is 5.70 Å². The molecule has 0 heterocycles. The molecule has 12 heavy (non-hydrogen) atoms. The molecule has 1 aromatic rings. The smallest absolute Gasteiger partial charge is 0.0933 e. The van der Waals surface area contributed by atoms with E-state index in [9.17, 15) is 0 Å². The number of hydrogen-bond donors (Lipinski definition) is 1. The molecule has 2 N–H and O–H groups in total. The number of benzene rings is 1. The Bertz CT molecular complexity index is 350. The van der Waals surface area contributed by atoms with E-state index in [2.05, 4.69) is 0 Å². The number of rotatable bonds is 1. The second kappa shape index (κ2) is 3.80. The summed E-state index contributed by atoms with van der Waals surface area (Å²) in [5, 5.41) is 8.90. The molecule has 0 aliphatic rings. The van der Waals surface area contributed by atoms with E-state index in [4.69, 9.17) is 22.6 Å². The van der Waals surface area contributed by atoms with Crippen molar-refractivity contribution < 1.29 is 0 Å². The number of nitrogens with two attached hydrogens (primary N) is 1. The largest absolute Gasteiger partial charge is 0.398 e. The number of allylic oxidation sites excluding steroid dienone is 1. The molecule has 0 aromatic heterocycles. The highest BCUT2D eigenvalue weighted by Crippen LogP contribution is 2.19. The Morgan fingerprint density at radius 1 is 1.50 bits per heavy atom. The van der Waals surface area contributed by atoms with Gasteiger partial charge in [0.1, 0.15) is 0 Å². The lowest BCUT2D eigenvalue weighted by molar-refractivity contribution is 1.49. The zero-order valence-corrected chi connectivity index (χ0v) is 7.05. The van der Waals surface area contributed by atoms with E-state index in [0.29, 0.717) is 16.3 Å². The van der Waals surface area contributed by atoms with Crippen LogP contribution in [0, 0.1) is 11.3 Å². The maximum absolute atomic E-state index is 8.34. The first-order chi connectivity index (χ1) is 5.75. The van der Waals surface area contributed by atoms with Gasteiger partial charge in [0.2, 0.25) is 0 Å². The fourth-order valence-electron chi connectivity index (χ4n) is 0.843. The van der Waals surface area contributed by atoms with E-state index >= 15 is 0 Å². The van der Waals surface area contributed by atoms with Crippen LogP contribution in [-0.2, 0) is 0 Å². The fraction of sp³-hybridized carbons (Fsp3) is 0. The predicted molar refractivity (Wildman–Crippen MR) is 49.2 cm³/mol. The highest BCUT2D eigenvalue weighted by molar-refractivity contribution is 6.32. The van der Waals surface area contributed by atoms with Gasteiger partial charge in [0.15, 0.2) is 0 Å². The second-order valence-corrected chi connectivity index (χ2v) is 2.62. The van der Waals surface area contributed by atoms with Crippen molar-refractivity contribution in [3.05, 3.63) is 40.9 Å². The van der Waals surface area contributed by atoms with Crippen LogP contribution in [0.2, 0.25) is 5.02 Å². The van der Waals surface area contributed by atoms with Gasteiger partial charge in [0.05, 0.1) is 11.8 Å². The van der Waals surface area contributed by atoms with Crippen LogP contribution in [0.1, 0.15) is 5.56 Å². The first kappa shape index (κ1) is 8.63. The van der Waals surface area contributed by atoms with Gasteiger partial charge in [0, 0.05) is 16.7 Å². The highest BCUT2D eigenvalue weighted by Gasteiger charge is 1.99. The molecule has 0 unspecified atom stereocenters. The van der Waals surface area contributed by atoms with Gasteiger partial charge >= 0.3 is 0 Å². The van der Waals surface area contributed by atoms with Crippen molar-refractivity contribution in [1.82, 2.24) is 0 Å². The van der Waals surface area contributed by atoms with Gasteiger partial charge in [-0.15, -0.1) is 0 Å². The summed E-state index contributed by atoms with van der Waals surface area (Å²) in [6.07, 6.45) is 1.27. The van der Waals surface area contributed by atoms with E-state index in [1.54, 1.807) is 12.1 Å². The average molecular weight is 179 g/mol. The van der Waals surface area contributed by atoms with Crippen LogP contribution in [0.4, 0.5) is 0 Å². The second-order valence-electron chi connectivity index (χ2n) is 2.21. The Balaban J connectivity index is 3.13. The first-order valence-corrected chi connectivity index (χ1v) is 3.73. The van der Waals surface area contributed by atoms with E-state index in [-0.39, 0.29) is 0 Å². The zero-order chi connectivity index (χ0) is 8.97. The molecule has 0 amide bonds. The monoisotopic (exact) mass is 178 g/mol. The van der Waals surface area contributed by atoms with Crippen molar-refractivity contribution in [3.63, 3.8) is 0 Å². The summed E-state index contributed by atoms with van der Waals surface area (Å²) < 4.78 is 0. The quantitative estimate of drug-likeness (QED) is 0.670. The summed E-state index contributed by atoms with van der Waals surface area (Å²) in [5.74, 6) is 0. The van der Waals surface area contributed by atoms with Crippen molar-refractivity contribution in [3.8, 4) is 6.07 Å². The maximum Gasteiger partial charge on any atom is 0.0933 e. The molecule has 0 saturated carbocycles. The van der Waals surface area contributed by atoms with Gasteiger partial charge in [-0.1, -0.05) is 29.8 Å². The lowest BCUT2D eigenvalue weighted by atomic mass is 10.1. The van der Waals surface area contributed by atoms with Gasteiger partial charge in [-0.25, -0.2) is 0 Å². The fourth-order valence-corrected chi connectivity index (χ4v) is 1.09. The molecular formula is C9H7ClN2. The lowest BCUT2D eigenvalue weighted by Gasteiger charge is -2.01. The third-order valence-electron chi connectivity index (χ3n) is 1.40. The third-order valence-corrected chi connectivity index (χ3v) is 1.73. The molecule has 2 nitrogen and oxygen atoms in total. The highest BCUT2D eigenvalue weighted by atomic mass is 35.5. The van der Waals surface area contributed by atoms with Crippen molar-refractivity contribution >= 4 is 17.3 Å². The minimum atomic E-state index is 0.392. The van der Waals surface area contributed by atoms with Gasteiger partial charge < -0.3 is 5.73 Å². The Morgan fingerprint density at radius 3 is 2.75 bits per heavy atom. The molecule has 0 radical (unpaired) electrons. The molecule has 0 saturated heterocycles. The SMILES string of the molecule is N#C/C=C(\N)c1ccccc1Cl. The number of halogens is 1. The number of hydrogen-bond acceptors (Lipinski definition) is 2. The van der Waals surface area contributed by atoms with E-state index in [0.717, 1.165) is 0 Å². The Kier molecular flexibility index (Phi) is 2.73. The molecule has 0 spiro atoms. The molecule has 0 aliphatic heterocycles. The molecule has 0 aliphatic carbocycles. The zero-order valence-electron chi connectivity index (χ0n) is 6.29. The maximum atomic E-state index is 8.34. The molecule has 0 bridgehead atoms. The minimum absolute atomic E-state index is 0.392. The van der Waals surface area contributed by atoms with Gasteiger partial charge in [-0.2, -0.15) is 5.26 Å². The number of nitrogens with zero attached hydrogens (tertiary/aromatic N) is 1. The molecule has 1 rings (SSSR count). The molecule has 0 fully saturated rings. The first-order valence-electron chi connectivity index (χ1n) is 3.36. The van der Waals surface area contributed by atoms with E-state index in [1.807, 2.05) is 18.2 Å². The van der Waals surface area contributed by atoms with Crippen LogP contribution in [0.3, 0.4) is 0 Å². The van der Waals surface area contributed by atoms with Crippen LogP contribution in [0.15, 0.2) is 30.3 Å². The van der Waals surface area contributed by atoms with E-state index in [1.165, 1.54) is 6.08 Å². The molecule has 0 atom stereocenters. The summed E-state index contributed by atoms with van der Waals surface area (Å²) in [7, 11) is 0. The van der Waals surface area contributed by atoms with Gasteiger partial charge in [0.25, 0.3) is 0 Å². The van der Waals surface area contributed by atoms with Gasteiger partial charge in [-0.3, -0.25) is 0 Å². The molecule has 3 heteroatoms. The van der Waals surface area contributed by atoms with Crippen LogP contribution < -0.4 is 5.73 Å². The van der Waals surface area contributed by atoms with Crippen molar-refractivity contribution in [2.24, 2.45) is 5.73 Å². The summed E-state index contributed by atoms with van der Waals surface area (Å²) in [6.45, 7) is 0. The minimum Gasteiger partial charge on any atom is -0.398 e. The summed E-state index contributed by atoms with van der Waals surface area (Å²) in [5.41, 5.74) is 6.65. The standard InChI is InChI=1S/C9H7ClN2/c10-8-4-2-1-3-7(8)9(12)5-6-11/h1-5H,12H2/b9-5-. The number of nitriles is 1. The average Bonchev–Trinajstić information content (AvgIpc) is 2.05.